The molecule has 2 unspecified atom stereocenters. The van der Waals surface area contributed by atoms with Crippen LogP contribution in [0, 0.1) is 0 Å². The van der Waals surface area contributed by atoms with Crippen LogP contribution in [0.2, 0.25) is 0 Å². The van der Waals surface area contributed by atoms with E-state index in [-0.39, 0.29) is 11.9 Å². The number of anilines is 2. The molecule has 0 radical (unpaired) electrons. The van der Waals surface area contributed by atoms with Crippen LogP contribution in [0.1, 0.15) is 49.0 Å². The Hall–Kier alpha value is -2.53. The first kappa shape index (κ1) is 19.2. The van der Waals surface area contributed by atoms with Crippen molar-refractivity contribution in [3.8, 4) is 5.75 Å². The number of likely N-dealkylation sites (tertiary alicyclic amines) is 1. The zero-order valence-corrected chi connectivity index (χ0v) is 16.2. The van der Waals surface area contributed by atoms with Gasteiger partial charge in [0.05, 0.1) is 11.4 Å². The fraction of sp³-hybridized carbons (Fsp3) is 0.409. The average molecular weight is 367 g/mol. The first-order chi connectivity index (χ1) is 13.0. The lowest BCUT2D eigenvalue weighted by Gasteiger charge is -2.35. The molecule has 1 saturated heterocycles. The number of nitrogen functional groups attached to an aromatic ring is 2. The number of benzene rings is 2. The Kier molecular flexibility index (Phi) is 6.01. The Balaban J connectivity index is 1.71. The molecule has 4 N–H and O–H groups in total. The van der Waals surface area contributed by atoms with Gasteiger partial charge in [-0.3, -0.25) is 9.69 Å². The van der Waals surface area contributed by atoms with Gasteiger partial charge in [-0.05, 0) is 70.1 Å². The van der Waals surface area contributed by atoms with Crippen LogP contribution >= 0.6 is 0 Å². The molecule has 1 aliphatic heterocycles. The van der Waals surface area contributed by atoms with E-state index >= 15 is 0 Å². The second kappa shape index (κ2) is 8.44. The second-order valence-corrected chi connectivity index (χ2v) is 7.36. The first-order valence-electron chi connectivity index (χ1n) is 9.66. The number of carbonyl (C=O) groups excluding carboxylic acids is 1. The van der Waals surface area contributed by atoms with Crippen LogP contribution in [-0.4, -0.2) is 35.9 Å². The number of nitrogens with zero attached hydrogens (tertiary/aromatic N) is 1. The van der Waals surface area contributed by atoms with Crippen LogP contribution in [0.5, 0.6) is 5.75 Å². The van der Waals surface area contributed by atoms with E-state index in [1.54, 1.807) is 30.3 Å². The fourth-order valence-electron chi connectivity index (χ4n) is 3.53. The van der Waals surface area contributed by atoms with Crippen molar-refractivity contribution < 1.29 is 9.53 Å². The number of ketones is 1. The number of carbonyl (C=O) groups is 1. The summed E-state index contributed by atoms with van der Waals surface area (Å²) in [5, 5.41) is 0. The molecular weight excluding hydrogens is 338 g/mol. The van der Waals surface area contributed by atoms with Crippen LogP contribution in [0.4, 0.5) is 11.4 Å². The minimum absolute atomic E-state index is 0.0422. The Morgan fingerprint density at radius 2 is 1.67 bits per heavy atom. The number of hydrogen-bond donors (Lipinski definition) is 2. The van der Waals surface area contributed by atoms with Crippen molar-refractivity contribution in [3.05, 3.63) is 53.6 Å². The molecule has 0 bridgehead atoms. The van der Waals surface area contributed by atoms with E-state index in [1.165, 1.54) is 19.3 Å². The molecule has 144 valence electrons. The molecule has 0 spiro atoms. The van der Waals surface area contributed by atoms with E-state index in [9.17, 15) is 4.79 Å². The van der Waals surface area contributed by atoms with Crippen molar-refractivity contribution >= 4 is 17.2 Å². The lowest BCUT2D eigenvalue weighted by Crippen LogP contribution is -2.45. The summed E-state index contributed by atoms with van der Waals surface area (Å²) in [5.41, 5.74) is 13.6. The summed E-state index contributed by atoms with van der Waals surface area (Å²) in [6, 6.07) is 12.6. The molecule has 27 heavy (non-hydrogen) atoms. The van der Waals surface area contributed by atoms with E-state index in [0.29, 0.717) is 34.3 Å². The minimum Gasteiger partial charge on any atom is -0.489 e. The monoisotopic (exact) mass is 367 g/mol. The van der Waals surface area contributed by atoms with E-state index in [1.807, 2.05) is 12.1 Å². The summed E-state index contributed by atoms with van der Waals surface area (Å²) in [6.07, 6.45) is 3.87. The molecule has 5 heteroatoms. The van der Waals surface area contributed by atoms with Crippen LogP contribution in [0.3, 0.4) is 0 Å². The maximum Gasteiger partial charge on any atom is 0.193 e. The molecule has 0 amide bonds. The highest BCUT2D eigenvalue weighted by atomic mass is 16.5. The van der Waals surface area contributed by atoms with E-state index in [4.69, 9.17) is 16.2 Å². The Morgan fingerprint density at radius 1 is 0.963 bits per heavy atom. The van der Waals surface area contributed by atoms with Gasteiger partial charge in [-0.2, -0.15) is 0 Å². The van der Waals surface area contributed by atoms with Crippen molar-refractivity contribution in [2.24, 2.45) is 0 Å². The minimum atomic E-state index is -0.0936. The van der Waals surface area contributed by atoms with Gasteiger partial charge in [-0.1, -0.05) is 18.6 Å². The normalized spacial score (nSPS) is 17.3. The Morgan fingerprint density at radius 3 is 2.37 bits per heavy atom. The summed E-state index contributed by atoms with van der Waals surface area (Å²) in [7, 11) is 0. The van der Waals surface area contributed by atoms with E-state index in [0.717, 1.165) is 13.1 Å². The number of ether oxygens (including phenoxy) is 1. The van der Waals surface area contributed by atoms with Crippen molar-refractivity contribution in [1.82, 2.24) is 4.90 Å². The van der Waals surface area contributed by atoms with Crippen molar-refractivity contribution in [2.75, 3.05) is 24.6 Å². The average Bonchev–Trinajstić information content (AvgIpc) is 2.69. The number of piperidine rings is 1. The third-order valence-corrected chi connectivity index (χ3v) is 5.41. The first-order valence-corrected chi connectivity index (χ1v) is 9.66. The fourth-order valence-corrected chi connectivity index (χ4v) is 3.53. The molecule has 0 aliphatic carbocycles. The molecule has 0 aromatic heterocycles. The third-order valence-electron chi connectivity index (χ3n) is 5.41. The SMILES string of the molecule is CC(Oc1cccc(C(=O)c2ccc(N)c(N)c2)c1)C(C)N1CCCCC1. The van der Waals surface area contributed by atoms with E-state index < -0.39 is 0 Å². The predicted octanol–water partition coefficient (Wildman–Crippen LogP) is 3.72. The van der Waals surface area contributed by atoms with Crippen molar-refractivity contribution in [1.29, 1.82) is 0 Å². The number of hydrogen-bond acceptors (Lipinski definition) is 5. The van der Waals surface area contributed by atoms with Crippen LogP contribution < -0.4 is 16.2 Å². The lowest BCUT2D eigenvalue weighted by atomic mass is 10.0. The zero-order valence-electron chi connectivity index (χ0n) is 16.2. The molecular formula is C22H29N3O2. The van der Waals surface area contributed by atoms with Gasteiger partial charge in [-0.25, -0.2) is 0 Å². The van der Waals surface area contributed by atoms with Gasteiger partial charge in [0.1, 0.15) is 11.9 Å². The molecule has 2 atom stereocenters. The Bertz CT molecular complexity index is 800. The maximum atomic E-state index is 12.8. The third kappa shape index (κ3) is 4.61. The Labute approximate surface area is 161 Å². The summed E-state index contributed by atoms with van der Waals surface area (Å²) in [5.74, 6) is 0.615. The van der Waals surface area contributed by atoms with Crippen molar-refractivity contribution in [2.45, 2.75) is 45.3 Å². The van der Waals surface area contributed by atoms with Gasteiger partial charge in [0.15, 0.2) is 5.78 Å². The van der Waals surface area contributed by atoms with Crippen molar-refractivity contribution in [3.63, 3.8) is 0 Å². The van der Waals surface area contributed by atoms with Gasteiger partial charge < -0.3 is 16.2 Å². The number of nitrogens with two attached hydrogens (primary N) is 2. The zero-order chi connectivity index (χ0) is 19.4. The molecule has 1 heterocycles. The molecule has 5 nitrogen and oxygen atoms in total. The standard InChI is InChI=1S/C22H29N3O2/c1-15(25-11-4-3-5-12-25)16(2)27-19-8-6-7-17(13-19)22(26)18-9-10-20(23)21(24)14-18/h6-10,13-16H,3-5,11-12,23-24H2,1-2H3. The highest BCUT2D eigenvalue weighted by Gasteiger charge is 2.23. The van der Waals surface area contributed by atoms with Gasteiger partial charge in [0, 0.05) is 17.2 Å². The van der Waals surface area contributed by atoms with Crippen LogP contribution in [0.25, 0.3) is 0 Å². The van der Waals surface area contributed by atoms with Gasteiger partial charge in [0.25, 0.3) is 0 Å². The predicted molar refractivity (Wildman–Crippen MR) is 110 cm³/mol. The summed E-state index contributed by atoms with van der Waals surface area (Å²) < 4.78 is 6.16. The van der Waals surface area contributed by atoms with Crippen LogP contribution in [0.15, 0.2) is 42.5 Å². The molecule has 2 aromatic rings. The van der Waals surface area contributed by atoms with Crippen LogP contribution in [-0.2, 0) is 0 Å². The molecule has 1 fully saturated rings. The summed E-state index contributed by atoms with van der Waals surface area (Å²) >= 11 is 0. The summed E-state index contributed by atoms with van der Waals surface area (Å²) in [4.78, 5) is 15.3. The summed E-state index contributed by atoms with van der Waals surface area (Å²) in [6.45, 7) is 6.56. The van der Waals surface area contributed by atoms with Gasteiger partial charge >= 0.3 is 0 Å². The molecule has 3 rings (SSSR count). The lowest BCUT2D eigenvalue weighted by molar-refractivity contribution is 0.0738. The highest BCUT2D eigenvalue weighted by Crippen LogP contribution is 2.23. The highest BCUT2D eigenvalue weighted by molar-refractivity contribution is 6.10. The number of rotatable bonds is 6. The van der Waals surface area contributed by atoms with Gasteiger partial charge in [-0.15, -0.1) is 0 Å². The smallest absolute Gasteiger partial charge is 0.193 e. The molecule has 1 aliphatic rings. The quantitative estimate of drug-likeness (QED) is 0.601. The topological polar surface area (TPSA) is 81.6 Å². The molecule has 0 saturated carbocycles. The van der Waals surface area contributed by atoms with E-state index in [2.05, 4.69) is 18.7 Å². The second-order valence-electron chi connectivity index (χ2n) is 7.36. The van der Waals surface area contributed by atoms with Gasteiger partial charge in [0.2, 0.25) is 0 Å². The maximum absolute atomic E-state index is 12.8. The largest absolute Gasteiger partial charge is 0.489 e. The molecule has 2 aromatic carbocycles.